The summed E-state index contributed by atoms with van der Waals surface area (Å²) in [6, 6.07) is 3.98. The maximum Gasteiger partial charge on any atom is 0.197 e. The molecule has 70 valence electrons. The molecule has 0 radical (unpaired) electrons. The molecule has 1 atom stereocenters. The number of hydrogen-bond donors (Lipinski definition) is 0. The van der Waals surface area contributed by atoms with Crippen LogP contribution >= 0.6 is 31.9 Å². The Kier molecular flexibility index (Phi) is 2.62. The van der Waals surface area contributed by atoms with Crippen LogP contribution in [-0.2, 0) is 11.3 Å². The van der Waals surface area contributed by atoms with E-state index >= 15 is 0 Å². The monoisotopic (exact) mass is 306 g/mol. The fourth-order valence-corrected chi connectivity index (χ4v) is 2.67. The molecule has 1 aliphatic rings. The average molecular weight is 308 g/mol. The van der Waals surface area contributed by atoms with E-state index in [1.165, 1.54) is 0 Å². The fraction of sp³-hybridized carbons (Fsp3) is 0.333. The van der Waals surface area contributed by atoms with Gasteiger partial charge in [0.1, 0.15) is 5.75 Å². The summed E-state index contributed by atoms with van der Waals surface area (Å²) in [6.07, 6.45) is -0.162. The van der Waals surface area contributed by atoms with Crippen molar-refractivity contribution in [2.45, 2.75) is 19.8 Å². The van der Waals surface area contributed by atoms with Gasteiger partial charge in [-0.25, -0.2) is 0 Å². The van der Waals surface area contributed by atoms with E-state index < -0.39 is 0 Å². The Morgan fingerprint density at radius 2 is 2.15 bits per heavy atom. The lowest BCUT2D eigenvalue weighted by molar-refractivity contribution is -0.0949. The number of benzene rings is 1. The third-order valence-electron chi connectivity index (χ3n) is 1.84. The van der Waals surface area contributed by atoms with Gasteiger partial charge >= 0.3 is 0 Å². The molecule has 0 bridgehead atoms. The van der Waals surface area contributed by atoms with Crippen molar-refractivity contribution >= 4 is 31.9 Å². The molecule has 1 aromatic carbocycles. The molecule has 0 aromatic heterocycles. The Bertz CT molecular complexity index is 339. The van der Waals surface area contributed by atoms with Gasteiger partial charge < -0.3 is 9.47 Å². The second-order valence-electron chi connectivity index (χ2n) is 2.87. The van der Waals surface area contributed by atoms with Crippen molar-refractivity contribution in [3.63, 3.8) is 0 Å². The van der Waals surface area contributed by atoms with Gasteiger partial charge in [0.2, 0.25) is 0 Å². The maximum absolute atomic E-state index is 5.53. The molecule has 1 heterocycles. The van der Waals surface area contributed by atoms with E-state index in [4.69, 9.17) is 9.47 Å². The van der Waals surface area contributed by atoms with Gasteiger partial charge in [0.05, 0.1) is 11.1 Å². The van der Waals surface area contributed by atoms with Gasteiger partial charge in [-0.15, -0.1) is 0 Å². The number of fused-ring (bicyclic) bond motifs is 1. The van der Waals surface area contributed by atoms with Gasteiger partial charge in [0.25, 0.3) is 0 Å². The minimum absolute atomic E-state index is 0.162. The standard InChI is InChI=1S/C9H8Br2O2/c1-5-12-4-6-2-7(10)3-8(11)9(6)13-5/h2-3,5H,4H2,1H3. The van der Waals surface area contributed by atoms with Crippen LogP contribution < -0.4 is 4.74 Å². The summed E-state index contributed by atoms with van der Waals surface area (Å²) in [7, 11) is 0. The van der Waals surface area contributed by atoms with Crippen LogP contribution in [0, 0.1) is 0 Å². The zero-order valence-corrected chi connectivity index (χ0v) is 10.2. The van der Waals surface area contributed by atoms with Gasteiger partial charge in [-0.3, -0.25) is 0 Å². The highest BCUT2D eigenvalue weighted by Gasteiger charge is 2.19. The summed E-state index contributed by atoms with van der Waals surface area (Å²) in [5, 5.41) is 0. The molecule has 2 rings (SSSR count). The zero-order chi connectivity index (χ0) is 9.42. The van der Waals surface area contributed by atoms with Crippen LogP contribution in [0.25, 0.3) is 0 Å². The van der Waals surface area contributed by atoms with Crippen LogP contribution in [0.5, 0.6) is 5.75 Å². The lowest BCUT2D eigenvalue weighted by atomic mass is 10.2. The minimum atomic E-state index is -0.162. The first-order valence-corrected chi connectivity index (χ1v) is 5.51. The molecule has 0 saturated heterocycles. The van der Waals surface area contributed by atoms with Crippen LogP contribution in [0.2, 0.25) is 0 Å². The first-order chi connectivity index (χ1) is 6.16. The van der Waals surface area contributed by atoms with Gasteiger partial charge in [0, 0.05) is 10.0 Å². The quantitative estimate of drug-likeness (QED) is 0.731. The molecule has 0 aliphatic carbocycles. The molecular formula is C9H8Br2O2. The van der Waals surface area contributed by atoms with Crippen LogP contribution in [-0.4, -0.2) is 6.29 Å². The van der Waals surface area contributed by atoms with Gasteiger partial charge in [-0.1, -0.05) is 15.9 Å². The normalized spacial score (nSPS) is 20.7. The highest BCUT2D eigenvalue weighted by Crippen LogP contribution is 2.36. The number of ether oxygens (including phenoxy) is 2. The molecule has 2 nitrogen and oxygen atoms in total. The summed E-state index contributed by atoms with van der Waals surface area (Å²) in [4.78, 5) is 0. The molecule has 13 heavy (non-hydrogen) atoms. The fourth-order valence-electron chi connectivity index (χ4n) is 1.26. The number of halogens is 2. The third kappa shape index (κ3) is 1.90. The predicted molar refractivity (Wildman–Crippen MR) is 56.7 cm³/mol. The molecule has 1 unspecified atom stereocenters. The van der Waals surface area contributed by atoms with Crippen molar-refractivity contribution in [2.75, 3.05) is 0 Å². The second-order valence-corrected chi connectivity index (χ2v) is 4.64. The van der Waals surface area contributed by atoms with Crippen molar-refractivity contribution < 1.29 is 9.47 Å². The van der Waals surface area contributed by atoms with E-state index in [1.807, 2.05) is 19.1 Å². The van der Waals surface area contributed by atoms with E-state index in [0.717, 1.165) is 20.3 Å². The lowest BCUT2D eigenvalue weighted by Gasteiger charge is -2.24. The van der Waals surface area contributed by atoms with Crippen LogP contribution in [0.3, 0.4) is 0 Å². The van der Waals surface area contributed by atoms with Gasteiger partial charge in [-0.05, 0) is 35.0 Å². The molecular weight excluding hydrogens is 300 g/mol. The molecule has 1 aromatic rings. The first kappa shape index (κ1) is 9.49. The summed E-state index contributed by atoms with van der Waals surface area (Å²) < 4.78 is 12.9. The lowest BCUT2D eigenvalue weighted by Crippen LogP contribution is -2.22. The van der Waals surface area contributed by atoms with Gasteiger partial charge in [-0.2, -0.15) is 0 Å². The Morgan fingerprint density at radius 3 is 2.92 bits per heavy atom. The topological polar surface area (TPSA) is 18.5 Å². The molecule has 4 heteroatoms. The largest absolute Gasteiger partial charge is 0.464 e. The highest BCUT2D eigenvalue weighted by molar-refractivity contribution is 9.11. The summed E-state index contributed by atoms with van der Waals surface area (Å²) >= 11 is 6.86. The Morgan fingerprint density at radius 1 is 1.38 bits per heavy atom. The SMILES string of the molecule is CC1OCc2cc(Br)cc(Br)c2O1. The smallest absolute Gasteiger partial charge is 0.197 e. The van der Waals surface area contributed by atoms with Crippen molar-refractivity contribution in [1.82, 2.24) is 0 Å². The Balaban J connectivity index is 2.47. The Labute approximate surface area is 93.5 Å². The van der Waals surface area contributed by atoms with Crippen molar-refractivity contribution in [1.29, 1.82) is 0 Å². The van der Waals surface area contributed by atoms with E-state index in [2.05, 4.69) is 31.9 Å². The summed E-state index contributed by atoms with van der Waals surface area (Å²) in [5.41, 5.74) is 1.07. The second kappa shape index (κ2) is 3.59. The summed E-state index contributed by atoms with van der Waals surface area (Å²) in [6.45, 7) is 2.49. The predicted octanol–water partition coefficient (Wildman–Crippen LogP) is 3.47. The Hall–Kier alpha value is -0.0600. The van der Waals surface area contributed by atoms with Crippen molar-refractivity contribution in [2.24, 2.45) is 0 Å². The molecule has 0 saturated carbocycles. The molecule has 0 spiro atoms. The minimum Gasteiger partial charge on any atom is -0.464 e. The molecule has 0 fully saturated rings. The van der Waals surface area contributed by atoms with Crippen LogP contribution in [0.1, 0.15) is 12.5 Å². The molecule has 0 amide bonds. The van der Waals surface area contributed by atoms with E-state index in [0.29, 0.717) is 6.61 Å². The van der Waals surface area contributed by atoms with Crippen molar-refractivity contribution in [3.05, 3.63) is 26.6 Å². The maximum atomic E-state index is 5.53. The molecule has 1 aliphatic heterocycles. The zero-order valence-electron chi connectivity index (χ0n) is 7.01. The van der Waals surface area contributed by atoms with E-state index in [9.17, 15) is 0 Å². The van der Waals surface area contributed by atoms with Crippen LogP contribution in [0.15, 0.2) is 21.1 Å². The highest BCUT2D eigenvalue weighted by atomic mass is 79.9. The van der Waals surface area contributed by atoms with Crippen molar-refractivity contribution in [3.8, 4) is 5.75 Å². The average Bonchev–Trinajstić information content (AvgIpc) is 2.06. The van der Waals surface area contributed by atoms with E-state index in [1.54, 1.807) is 0 Å². The number of hydrogen-bond acceptors (Lipinski definition) is 2. The third-order valence-corrected chi connectivity index (χ3v) is 2.89. The van der Waals surface area contributed by atoms with Gasteiger partial charge in [0.15, 0.2) is 6.29 Å². The van der Waals surface area contributed by atoms with Crippen LogP contribution in [0.4, 0.5) is 0 Å². The summed E-state index contributed by atoms with van der Waals surface area (Å²) in [5.74, 6) is 0.891. The number of rotatable bonds is 0. The molecule has 0 N–H and O–H groups in total. The van der Waals surface area contributed by atoms with E-state index in [-0.39, 0.29) is 6.29 Å². The first-order valence-electron chi connectivity index (χ1n) is 3.93.